The molecule has 0 bridgehead atoms. The summed E-state index contributed by atoms with van der Waals surface area (Å²) in [5.74, 6) is 0. The third-order valence-corrected chi connectivity index (χ3v) is 1.82. The number of hydrogen-bond acceptors (Lipinski definition) is 0. The molecule has 0 amide bonds. The van der Waals surface area contributed by atoms with E-state index < -0.39 is 7.25 Å². The van der Waals surface area contributed by atoms with Gasteiger partial charge in [-0.3, -0.25) is 0 Å². The maximum absolute atomic E-state index is 9.75. The Hall–Kier alpha value is -0.725. The summed E-state index contributed by atoms with van der Waals surface area (Å²) in [6, 6.07) is 37.5. The van der Waals surface area contributed by atoms with Crippen LogP contribution in [0.5, 0.6) is 0 Å². The molecule has 9 heteroatoms. The minimum atomic E-state index is -6.00. The van der Waals surface area contributed by atoms with Crippen molar-refractivity contribution in [2.24, 2.45) is 0 Å². The summed E-state index contributed by atoms with van der Waals surface area (Å²) >= 11 is 0. The Labute approximate surface area is 196 Å². The normalized spacial score (nSPS) is 7.56. The molecule has 0 aromatic heterocycles. The van der Waals surface area contributed by atoms with E-state index in [0.717, 1.165) is 0 Å². The summed E-state index contributed by atoms with van der Waals surface area (Å²) in [5, 5.41) is 0. The second-order valence-corrected chi connectivity index (χ2v) is 3.73. The van der Waals surface area contributed by atoms with Gasteiger partial charge in [0.2, 0.25) is 0 Å². The van der Waals surface area contributed by atoms with Crippen molar-refractivity contribution in [3.8, 4) is 0 Å². The van der Waals surface area contributed by atoms with Crippen molar-refractivity contribution in [1.29, 1.82) is 0 Å². The molecular formula is C18H15BF4ORu3+12. The first-order valence-corrected chi connectivity index (χ1v) is 6.60. The number of benzene rings is 3. The predicted molar refractivity (Wildman–Crippen MR) is 86.7 cm³/mol. The first kappa shape index (κ1) is 37.1. The summed E-state index contributed by atoms with van der Waals surface area (Å²) in [6.07, 6.45) is 0. The van der Waals surface area contributed by atoms with E-state index in [1.807, 2.05) is 91.0 Å². The molecule has 0 saturated heterocycles. The molecule has 27 heavy (non-hydrogen) atoms. The van der Waals surface area contributed by atoms with Crippen molar-refractivity contribution in [1.82, 2.24) is 0 Å². The van der Waals surface area contributed by atoms with E-state index in [0.29, 0.717) is 0 Å². The Morgan fingerprint density at radius 3 is 0.593 bits per heavy atom. The summed E-state index contributed by atoms with van der Waals surface area (Å²) in [7, 11) is -6.00. The topological polar surface area (TPSA) is 28.5 Å². The van der Waals surface area contributed by atoms with Crippen LogP contribution in [0.3, 0.4) is 0 Å². The zero-order valence-corrected chi connectivity index (χ0v) is 18.9. The van der Waals surface area contributed by atoms with Crippen molar-refractivity contribution in [3.63, 3.8) is 0 Å². The van der Waals surface area contributed by atoms with Gasteiger partial charge in [0.25, 0.3) is 0 Å². The summed E-state index contributed by atoms with van der Waals surface area (Å²) in [5.41, 5.74) is 0. The molecule has 0 spiro atoms. The van der Waals surface area contributed by atoms with E-state index in [4.69, 9.17) is 0 Å². The van der Waals surface area contributed by atoms with Crippen LogP contribution in [-0.2, 0) is 63.9 Å². The van der Waals surface area contributed by atoms with Crippen LogP contribution >= 0.6 is 0 Å². The SMILES string of the molecule is F[B-](F)(F)F.[O-2].[Ru+6].[Ru+6].[Ru+6].[c-]1ccccc1.[c-]1ccccc1.[c-]1ccccc1. The van der Waals surface area contributed by atoms with Crippen LogP contribution in [0.1, 0.15) is 0 Å². The zero-order valence-electron chi connectivity index (χ0n) is 13.7. The van der Waals surface area contributed by atoms with Gasteiger partial charge in [-0.15, -0.1) is 0 Å². The molecule has 0 heterocycles. The smallest absolute Gasteiger partial charge is 2.00 e. The summed E-state index contributed by atoms with van der Waals surface area (Å²) < 4.78 is 39.0. The predicted octanol–water partition coefficient (Wildman–Crippen LogP) is 5.63. The largest absolute Gasteiger partial charge is 6.00 e. The van der Waals surface area contributed by atoms with Crippen LogP contribution in [0.15, 0.2) is 91.0 Å². The molecule has 0 fully saturated rings. The summed E-state index contributed by atoms with van der Waals surface area (Å²) in [6.45, 7) is 0. The second-order valence-electron chi connectivity index (χ2n) is 3.73. The van der Waals surface area contributed by atoms with Crippen molar-refractivity contribution in [2.45, 2.75) is 0 Å². The molecule has 3 aromatic carbocycles. The van der Waals surface area contributed by atoms with E-state index in [-0.39, 0.29) is 63.9 Å². The molecule has 3 rings (SSSR count). The van der Waals surface area contributed by atoms with E-state index in [9.17, 15) is 17.3 Å². The quantitative estimate of drug-likeness (QED) is 0.174. The van der Waals surface area contributed by atoms with Crippen molar-refractivity contribution >= 4 is 7.25 Å². The molecule has 1 nitrogen and oxygen atoms in total. The van der Waals surface area contributed by atoms with Crippen LogP contribution in [0.4, 0.5) is 17.3 Å². The molecular weight excluding hydrogens is 622 g/mol. The van der Waals surface area contributed by atoms with Crippen LogP contribution in [0.2, 0.25) is 0 Å². The first-order valence-electron chi connectivity index (χ1n) is 6.60. The average molecular weight is 637 g/mol. The molecule has 0 radical (unpaired) electrons. The zero-order chi connectivity index (χ0) is 17.2. The molecule has 0 atom stereocenters. The molecule has 0 N–H and O–H groups in total. The molecule has 0 saturated carbocycles. The third kappa shape index (κ3) is 45.9. The third-order valence-electron chi connectivity index (χ3n) is 1.82. The van der Waals surface area contributed by atoms with Gasteiger partial charge < -0.3 is 22.7 Å². The molecule has 3 aromatic rings. The van der Waals surface area contributed by atoms with Crippen molar-refractivity contribution in [3.05, 3.63) is 109 Å². The van der Waals surface area contributed by atoms with Crippen LogP contribution in [0.25, 0.3) is 0 Å². The van der Waals surface area contributed by atoms with Crippen molar-refractivity contribution < 1.29 is 81.2 Å². The van der Waals surface area contributed by atoms with Gasteiger partial charge in [0, 0.05) is 0 Å². The monoisotopic (exact) mass is 640 g/mol. The molecule has 136 valence electrons. The second kappa shape index (κ2) is 27.5. The van der Waals surface area contributed by atoms with Crippen LogP contribution < -0.4 is 0 Å². The number of halogens is 4. The van der Waals surface area contributed by atoms with Crippen molar-refractivity contribution in [2.75, 3.05) is 0 Å². The van der Waals surface area contributed by atoms with E-state index in [2.05, 4.69) is 18.2 Å². The average Bonchev–Trinajstić information content (AvgIpc) is 2.59. The van der Waals surface area contributed by atoms with Crippen LogP contribution in [-0.4, -0.2) is 7.25 Å². The van der Waals surface area contributed by atoms with Gasteiger partial charge in [-0.25, -0.2) is 0 Å². The van der Waals surface area contributed by atoms with E-state index >= 15 is 0 Å². The maximum Gasteiger partial charge on any atom is 6.00 e. The fourth-order valence-electron chi connectivity index (χ4n) is 1.03. The first-order chi connectivity index (χ1) is 11.0. The van der Waals surface area contributed by atoms with Gasteiger partial charge in [0.15, 0.2) is 0 Å². The maximum atomic E-state index is 9.75. The van der Waals surface area contributed by atoms with Gasteiger partial charge in [0.05, 0.1) is 0 Å². The minimum absolute atomic E-state index is 0. The minimum Gasteiger partial charge on any atom is -2.00 e. The Morgan fingerprint density at radius 2 is 0.556 bits per heavy atom. The van der Waals surface area contributed by atoms with E-state index in [1.54, 1.807) is 0 Å². The fourth-order valence-corrected chi connectivity index (χ4v) is 1.03. The molecule has 0 unspecified atom stereocenters. The van der Waals surface area contributed by atoms with E-state index in [1.165, 1.54) is 0 Å². The Kier molecular flexibility index (Phi) is 37.8. The Morgan fingerprint density at radius 1 is 0.407 bits per heavy atom. The molecule has 0 aliphatic carbocycles. The van der Waals surface area contributed by atoms with Gasteiger partial charge in [-0.2, -0.15) is 109 Å². The number of hydrogen-bond donors (Lipinski definition) is 0. The van der Waals surface area contributed by atoms with Gasteiger partial charge >= 0.3 is 65.7 Å². The summed E-state index contributed by atoms with van der Waals surface area (Å²) in [4.78, 5) is 0. The number of rotatable bonds is 0. The molecule has 0 aliphatic rings. The molecule has 0 aliphatic heterocycles. The fraction of sp³-hybridized carbons (Fsp3) is 0. The van der Waals surface area contributed by atoms with Crippen LogP contribution in [0, 0.1) is 18.2 Å². The van der Waals surface area contributed by atoms with Gasteiger partial charge in [0.1, 0.15) is 0 Å². The Balaban J connectivity index is -0.0000000762. The Bertz CT molecular complexity index is 401. The standard InChI is InChI=1S/3C6H5.BF4.O.3Ru/c3*1-2-4-6-5-3-1;2-1(3,4)5;;;;/h3*1-5H;;;;;/q4*-1;-2;3*+6. The van der Waals surface area contributed by atoms with Gasteiger partial charge in [-0.05, 0) is 0 Å². The van der Waals surface area contributed by atoms with Gasteiger partial charge in [-0.1, -0.05) is 0 Å².